The molecule has 0 radical (unpaired) electrons. The normalized spacial score (nSPS) is 11.1. The number of benzene rings is 2. The van der Waals surface area contributed by atoms with Gasteiger partial charge in [0, 0.05) is 17.2 Å². The Morgan fingerprint density at radius 1 is 1.05 bits per heavy atom. The first-order valence-corrected chi connectivity index (χ1v) is 7.93. The zero-order valence-electron chi connectivity index (χ0n) is 11.8. The smallest absolute Gasteiger partial charge is 0.262 e. The molecule has 2 aromatic carbocycles. The molecule has 0 amide bonds. The van der Waals surface area contributed by atoms with Crippen molar-refractivity contribution in [1.82, 2.24) is 0 Å². The summed E-state index contributed by atoms with van der Waals surface area (Å²) in [6, 6.07) is 7.73. The molecule has 118 valence electrons. The van der Waals surface area contributed by atoms with E-state index in [0.717, 1.165) is 18.2 Å². The third kappa shape index (κ3) is 3.42. The molecule has 2 aromatic rings. The molecule has 0 aromatic heterocycles. The lowest BCUT2D eigenvalue weighted by Crippen LogP contribution is -2.14. The van der Waals surface area contributed by atoms with Gasteiger partial charge in [-0.05, 0) is 24.3 Å². The first-order chi connectivity index (χ1) is 10.4. The van der Waals surface area contributed by atoms with Gasteiger partial charge in [-0.3, -0.25) is 4.72 Å². The predicted octanol–water partition coefficient (Wildman–Crippen LogP) is 3.30. The topological polar surface area (TPSA) is 64.6 Å². The summed E-state index contributed by atoms with van der Waals surface area (Å²) < 4.78 is 50.3. The van der Waals surface area contributed by atoms with Gasteiger partial charge in [-0.2, -0.15) is 0 Å². The number of ether oxygens (including phenoxy) is 2. The van der Waals surface area contributed by atoms with Crippen LogP contribution >= 0.6 is 11.6 Å². The molecular formula is C14H13ClFNO4S. The predicted molar refractivity (Wildman–Crippen MR) is 81.8 cm³/mol. The van der Waals surface area contributed by atoms with Gasteiger partial charge in [-0.15, -0.1) is 0 Å². The Hall–Kier alpha value is -1.99. The van der Waals surface area contributed by atoms with Gasteiger partial charge in [0.25, 0.3) is 10.0 Å². The molecule has 0 aliphatic rings. The largest absolute Gasteiger partial charge is 0.495 e. The Labute approximate surface area is 132 Å². The second-order valence-electron chi connectivity index (χ2n) is 4.25. The minimum atomic E-state index is -3.93. The number of halogens is 2. The minimum Gasteiger partial charge on any atom is -0.495 e. The summed E-state index contributed by atoms with van der Waals surface area (Å²) >= 11 is 5.83. The fourth-order valence-electron chi connectivity index (χ4n) is 1.76. The summed E-state index contributed by atoms with van der Waals surface area (Å²) in [6.45, 7) is 0. The van der Waals surface area contributed by atoms with Gasteiger partial charge in [0.2, 0.25) is 0 Å². The van der Waals surface area contributed by atoms with Crippen molar-refractivity contribution in [2.24, 2.45) is 0 Å². The second-order valence-corrected chi connectivity index (χ2v) is 6.37. The molecule has 0 atom stereocenters. The zero-order chi connectivity index (χ0) is 16.3. The molecule has 1 N–H and O–H groups in total. The Balaban J connectivity index is 2.40. The van der Waals surface area contributed by atoms with Crippen LogP contribution in [0.5, 0.6) is 11.5 Å². The quantitative estimate of drug-likeness (QED) is 0.903. The number of nitrogens with one attached hydrogen (secondary N) is 1. The van der Waals surface area contributed by atoms with E-state index in [1.807, 2.05) is 0 Å². The highest BCUT2D eigenvalue weighted by Crippen LogP contribution is 2.30. The lowest BCUT2D eigenvalue weighted by molar-refractivity contribution is 0.385. The Kier molecular flexibility index (Phi) is 4.77. The van der Waals surface area contributed by atoms with E-state index in [2.05, 4.69) is 4.72 Å². The summed E-state index contributed by atoms with van der Waals surface area (Å²) in [6.07, 6.45) is 0. The maximum absolute atomic E-state index is 13.4. The molecule has 5 nitrogen and oxygen atoms in total. The fraction of sp³-hybridized carbons (Fsp3) is 0.143. The monoisotopic (exact) mass is 345 g/mol. The van der Waals surface area contributed by atoms with Crippen molar-refractivity contribution in [2.45, 2.75) is 4.90 Å². The van der Waals surface area contributed by atoms with E-state index in [-0.39, 0.29) is 22.1 Å². The van der Waals surface area contributed by atoms with Crippen LogP contribution in [0.4, 0.5) is 10.1 Å². The van der Waals surface area contributed by atoms with Crippen molar-refractivity contribution < 1.29 is 22.3 Å². The lowest BCUT2D eigenvalue weighted by Gasteiger charge is -2.13. The molecule has 0 fully saturated rings. The molecule has 0 spiro atoms. The average molecular weight is 346 g/mol. The van der Waals surface area contributed by atoms with Gasteiger partial charge in [0.05, 0.1) is 24.8 Å². The number of anilines is 1. The van der Waals surface area contributed by atoms with Crippen LogP contribution in [0.15, 0.2) is 41.3 Å². The second kappa shape index (κ2) is 6.41. The van der Waals surface area contributed by atoms with E-state index in [1.54, 1.807) is 0 Å². The fourth-order valence-corrected chi connectivity index (χ4v) is 3.01. The van der Waals surface area contributed by atoms with Crippen LogP contribution in [-0.4, -0.2) is 22.6 Å². The van der Waals surface area contributed by atoms with Crippen LogP contribution in [0.3, 0.4) is 0 Å². The maximum atomic E-state index is 13.4. The van der Waals surface area contributed by atoms with Gasteiger partial charge in [0.15, 0.2) is 11.6 Å². The summed E-state index contributed by atoms with van der Waals surface area (Å²) in [5.41, 5.74) is 0.218. The number of methoxy groups -OCH3 is 2. The summed E-state index contributed by atoms with van der Waals surface area (Å²) in [5, 5.41) is 0.406. The summed E-state index contributed by atoms with van der Waals surface area (Å²) in [7, 11) is -1.28. The Morgan fingerprint density at radius 2 is 1.73 bits per heavy atom. The first-order valence-electron chi connectivity index (χ1n) is 6.07. The van der Waals surface area contributed by atoms with Crippen LogP contribution in [-0.2, 0) is 10.0 Å². The zero-order valence-corrected chi connectivity index (χ0v) is 13.3. The molecule has 0 aliphatic carbocycles. The maximum Gasteiger partial charge on any atom is 0.262 e. The minimum absolute atomic E-state index is 0.136. The van der Waals surface area contributed by atoms with Gasteiger partial charge in [-0.1, -0.05) is 11.6 Å². The third-order valence-corrected chi connectivity index (χ3v) is 4.44. The number of sulfonamides is 1. The highest BCUT2D eigenvalue weighted by atomic mass is 35.5. The first kappa shape index (κ1) is 16.4. The lowest BCUT2D eigenvalue weighted by atomic mass is 10.3. The van der Waals surface area contributed by atoms with Crippen molar-refractivity contribution >= 4 is 27.3 Å². The van der Waals surface area contributed by atoms with E-state index in [1.165, 1.54) is 32.4 Å². The van der Waals surface area contributed by atoms with Crippen LogP contribution in [0, 0.1) is 5.82 Å². The van der Waals surface area contributed by atoms with Gasteiger partial charge in [0.1, 0.15) is 5.75 Å². The van der Waals surface area contributed by atoms with E-state index in [9.17, 15) is 12.8 Å². The molecule has 0 heterocycles. The van der Waals surface area contributed by atoms with Gasteiger partial charge in [-0.25, -0.2) is 12.8 Å². The molecular weight excluding hydrogens is 333 g/mol. The van der Waals surface area contributed by atoms with Crippen molar-refractivity contribution in [3.63, 3.8) is 0 Å². The van der Waals surface area contributed by atoms with E-state index >= 15 is 0 Å². The number of rotatable bonds is 5. The molecule has 0 saturated heterocycles. The van der Waals surface area contributed by atoms with E-state index in [0.29, 0.717) is 5.02 Å². The van der Waals surface area contributed by atoms with Crippen molar-refractivity contribution in [3.8, 4) is 11.5 Å². The molecule has 8 heteroatoms. The van der Waals surface area contributed by atoms with Crippen molar-refractivity contribution in [1.29, 1.82) is 0 Å². The molecule has 0 bridgehead atoms. The van der Waals surface area contributed by atoms with E-state index in [4.69, 9.17) is 21.1 Å². The van der Waals surface area contributed by atoms with Crippen LogP contribution in [0.25, 0.3) is 0 Å². The molecule has 0 aliphatic heterocycles. The highest BCUT2D eigenvalue weighted by molar-refractivity contribution is 7.92. The Morgan fingerprint density at radius 3 is 2.36 bits per heavy atom. The molecule has 22 heavy (non-hydrogen) atoms. The summed E-state index contributed by atoms with van der Waals surface area (Å²) in [4.78, 5) is -0.136. The van der Waals surface area contributed by atoms with Crippen LogP contribution in [0.2, 0.25) is 5.02 Å². The molecule has 0 unspecified atom stereocenters. The van der Waals surface area contributed by atoms with Gasteiger partial charge >= 0.3 is 0 Å². The third-order valence-electron chi connectivity index (χ3n) is 2.84. The summed E-state index contributed by atoms with van der Waals surface area (Å²) in [5.74, 6) is -0.540. The molecule has 2 rings (SSSR count). The van der Waals surface area contributed by atoms with E-state index < -0.39 is 15.8 Å². The SMILES string of the molecule is COc1cc(S(=O)(=O)Nc2ccc(Cl)cc2OC)ccc1F. The average Bonchev–Trinajstić information content (AvgIpc) is 2.49. The number of hydrogen-bond donors (Lipinski definition) is 1. The van der Waals surface area contributed by atoms with Crippen LogP contribution < -0.4 is 14.2 Å². The molecule has 0 saturated carbocycles. The number of hydrogen-bond acceptors (Lipinski definition) is 4. The standard InChI is InChI=1S/C14H13ClFNO4S/c1-20-13-8-10(4-5-11(13)16)22(18,19)17-12-6-3-9(15)7-14(12)21-2/h3-8,17H,1-2H3. The van der Waals surface area contributed by atoms with Crippen molar-refractivity contribution in [2.75, 3.05) is 18.9 Å². The Bertz CT molecular complexity index is 795. The van der Waals surface area contributed by atoms with Crippen molar-refractivity contribution in [3.05, 3.63) is 47.2 Å². The highest BCUT2D eigenvalue weighted by Gasteiger charge is 2.18. The van der Waals surface area contributed by atoms with Crippen LogP contribution in [0.1, 0.15) is 0 Å². The van der Waals surface area contributed by atoms with Gasteiger partial charge < -0.3 is 9.47 Å².